The van der Waals surface area contributed by atoms with Crippen molar-refractivity contribution in [1.29, 1.82) is 0 Å². The van der Waals surface area contributed by atoms with Crippen LogP contribution in [0.5, 0.6) is 0 Å². The van der Waals surface area contributed by atoms with Gasteiger partial charge in [-0.05, 0) is 137 Å². The first-order chi connectivity index (χ1) is 30.4. The van der Waals surface area contributed by atoms with Crippen LogP contribution in [-0.2, 0) is 23.7 Å². The van der Waals surface area contributed by atoms with Gasteiger partial charge >= 0.3 is 0 Å². The van der Waals surface area contributed by atoms with Gasteiger partial charge in [-0.1, -0.05) is 135 Å². The number of unbranched alkanes of at least 4 members (excludes halogenated alkanes) is 12. The van der Waals surface area contributed by atoms with Crippen LogP contribution in [0.15, 0.2) is 23.8 Å². The van der Waals surface area contributed by atoms with E-state index in [4.69, 9.17) is 23.7 Å². The van der Waals surface area contributed by atoms with Gasteiger partial charge in [0.15, 0.2) is 0 Å². The zero-order valence-electron chi connectivity index (χ0n) is 41.6. The lowest BCUT2D eigenvalue weighted by atomic mass is 9.50. The first kappa shape index (κ1) is 52.2. The predicted molar refractivity (Wildman–Crippen MR) is 261 cm³/mol. The molecule has 0 aromatic carbocycles. The van der Waals surface area contributed by atoms with E-state index in [-0.39, 0.29) is 6.10 Å². The van der Waals surface area contributed by atoms with E-state index in [1.807, 2.05) is 0 Å². The molecular weight excluding hydrogens is 767 g/mol. The molecule has 1 saturated heterocycles. The fourth-order valence-corrected chi connectivity index (χ4v) is 12.9. The van der Waals surface area contributed by atoms with E-state index in [0.29, 0.717) is 44.6 Å². The Hall–Kier alpha value is -0.760. The number of allylic oxidation sites excluding steroid dienone is 3. The Kier molecular flexibility index (Phi) is 25.7. The molecule has 5 rings (SSSR count). The van der Waals surface area contributed by atoms with Crippen LogP contribution >= 0.6 is 0 Å². The minimum atomic E-state index is 0.111. The summed E-state index contributed by atoms with van der Waals surface area (Å²) in [6.07, 6.45) is 42.9. The smallest absolute Gasteiger partial charge is 0.0821 e. The van der Waals surface area contributed by atoms with Crippen LogP contribution in [0, 0.1) is 46.8 Å². The molecule has 3 unspecified atom stereocenters. The van der Waals surface area contributed by atoms with Gasteiger partial charge in [0, 0.05) is 26.2 Å². The Bertz CT molecular complexity index is 1200. The molecule has 62 heavy (non-hydrogen) atoms. The predicted octanol–water partition coefficient (Wildman–Crippen LogP) is 14.2. The largest absolute Gasteiger partial charge is 0.379 e. The zero-order valence-corrected chi connectivity index (χ0v) is 41.6. The molecule has 6 heteroatoms. The molecule has 0 amide bonds. The summed E-state index contributed by atoms with van der Waals surface area (Å²) in [6, 6.07) is 0. The van der Waals surface area contributed by atoms with E-state index in [9.17, 15) is 0 Å². The Morgan fingerprint density at radius 3 is 2.18 bits per heavy atom. The summed E-state index contributed by atoms with van der Waals surface area (Å²) in [6.45, 7) is 21.1. The second-order valence-electron chi connectivity index (χ2n) is 21.7. The topological polar surface area (TPSA) is 49.4 Å². The lowest BCUT2D eigenvalue weighted by molar-refractivity contribution is -0.0632. The van der Waals surface area contributed by atoms with Gasteiger partial charge in [-0.3, -0.25) is 4.90 Å². The number of hydrogen-bond donors (Lipinski definition) is 0. The molecule has 0 N–H and O–H groups in total. The van der Waals surface area contributed by atoms with Gasteiger partial charge in [-0.25, -0.2) is 0 Å². The first-order valence-electron chi connectivity index (χ1n) is 27.4. The van der Waals surface area contributed by atoms with Crippen molar-refractivity contribution in [2.24, 2.45) is 46.8 Å². The highest BCUT2D eigenvalue weighted by molar-refractivity contribution is 5.25. The zero-order chi connectivity index (χ0) is 43.7. The number of hydrogen-bond acceptors (Lipinski definition) is 6. The molecule has 1 heterocycles. The molecule has 5 aliphatic rings. The van der Waals surface area contributed by atoms with Crippen molar-refractivity contribution in [1.82, 2.24) is 4.90 Å². The highest BCUT2D eigenvalue weighted by atomic mass is 16.6. The van der Waals surface area contributed by atoms with Crippen LogP contribution in [0.3, 0.4) is 0 Å². The maximum Gasteiger partial charge on any atom is 0.0821 e. The van der Waals surface area contributed by atoms with Crippen molar-refractivity contribution in [3.8, 4) is 0 Å². The van der Waals surface area contributed by atoms with Crippen molar-refractivity contribution in [2.45, 2.75) is 214 Å². The van der Waals surface area contributed by atoms with Gasteiger partial charge in [0.05, 0.1) is 58.5 Å². The van der Waals surface area contributed by atoms with Gasteiger partial charge in [0.2, 0.25) is 0 Å². The van der Waals surface area contributed by atoms with Crippen LogP contribution < -0.4 is 0 Å². The highest BCUT2D eigenvalue weighted by Crippen LogP contribution is 2.63. The number of fused-ring (bicyclic) bond motifs is 5. The van der Waals surface area contributed by atoms with E-state index in [0.717, 1.165) is 100 Å². The summed E-state index contributed by atoms with van der Waals surface area (Å²) in [5, 5.41) is 0. The minimum absolute atomic E-state index is 0.111. The van der Waals surface area contributed by atoms with Crippen LogP contribution in [0.2, 0.25) is 0 Å². The molecule has 0 bridgehead atoms. The third kappa shape index (κ3) is 18.1. The van der Waals surface area contributed by atoms with Gasteiger partial charge < -0.3 is 23.7 Å². The molecule has 0 aromatic heterocycles. The summed E-state index contributed by atoms with van der Waals surface area (Å²) in [4.78, 5) is 2.50. The molecule has 6 nitrogen and oxygen atoms in total. The molecule has 4 fully saturated rings. The SMILES string of the molecule is CCCCCCCCC=CCCCCCCCCOCC(CCN1CCOCC1)OCCOCCOC1CC[C@@]2(C)C(=CC[C@H]3[C@@H]4CC[C@H]([C@H](C)CCCC(C)C)C4CC[C@@H]32)C1. The van der Waals surface area contributed by atoms with Crippen molar-refractivity contribution in [3.63, 3.8) is 0 Å². The van der Waals surface area contributed by atoms with Crippen LogP contribution in [-0.4, -0.2) is 89.6 Å². The Morgan fingerprint density at radius 2 is 1.42 bits per heavy atom. The lowest BCUT2D eigenvalue weighted by Gasteiger charge is -2.55. The van der Waals surface area contributed by atoms with E-state index >= 15 is 0 Å². The van der Waals surface area contributed by atoms with Crippen molar-refractivity contribution >= 4 is 0 Å². The van der Waals surface area contributed by atoms with Crippen LogP contribution in [0.4, 0.5) is 0 Å². The number of rotatable bonds is 34. The Morgan fingerprint density at radius 1 is 0.710 bits per heavy atom. The molecule has 4 aliphatic carbocycles. The molecule has 0 spiro atoms. The maximum atomic E-state index is 6.50. The average molecular weight is 868 g/mol. The molecule has 0 aromatic rings. The molecule has 3 saturated carbocycles. The maximum absolute atomic E-state index is 6.50. The third-order valence-electron chi connectivity index (χ3n) is 16.7. The molecular formula is C56H101NO5. The molecule has 1 aliphatic heterocycles. The van der Waals surface area contributed by atoms with Gasteiger partial charge in [-0.2, -0.15) is 0 Å². The first-order valence-corrected chi connectivity index (χ1v) is 27.4. The fourth-order valence-electron chi connectivity index (χ4n) is 12.9. The van der Waals surface area contributed by atoms with Crippen LogP contribution in [0.25, 0.3) is 0 Å². The van der Waals surface area contributed by atoms with Crippen molar-refractivity contribution in [2.75, 3.05) is 72.5 Å². The second-order valence-corrected chi connectivity index (χ2v) is 21.7. The van der Waals surface area contributed by atoms with Crippen LogP contribution in [0.1, 0.15) is 202 Å². The summed E-state index contributed by atoms with van der Waals surface area (Å²) in [5.41, 5.74) is 2.13. The number of nitrogens with zero attached hydrogens (tertiary/aromatic N) is 1. The van der Waals surface area contributed by atoms with Gasteiger partial charge in [0.25, 0.3) is 0 Å². The van der Waals surface area contributed by atoms with E-state index in [1.54, 1.807) is 5.57 Å². The Balaban J connectivity index is 0.899. The number of ether oxygens (including phenoxy) is 5. The Labute approximate surface area is 384 Å². The van der Waals surface area contributed by atoms with E-state index < -0.39 is 0 Å². The van der Waals surface area contributed by atoms with Crippen molar-refractivity contribution in [3.05, 3.63) is 23.8 Å². The summed E-state index contributed by atoms with van der Waals surface area (Å²) < 4.78 is 30.7. The normalized spacial score (nSPS) is 28.8. The highest BCUT2D eigenvalue weighted by Gasteiger charge is 2.54. The number of morpholine rings is 1. The monoisotopic (exact) mass is 868 g/mol. The second kappa shape index (κ2) is 30.5. The minimum Gasteiger partial charge on any atom is -0.379 e. The standard InChI is InChI=1S/C56H101NO5/c1-6-7-8-9-10-11-12-13-14-15-16-17-18-19-20-21-37-60-45-50(32-34-57-35-38-58-39-36-57)62-43-41-59-40-42-61-49-31-33-56(5)48(44-49)25-26-54-53-28-27-51(52(53)29-30-55(54)56)47(4)24-22-23-46(2)3/h13-14,25,46-47,49-55H,6-12,15-24,26-45H2,1-5H3/t47-,49?,50?,51-,52?,53-,54+,55+,56+/m1/s1. The summed E-state index contributed by atoms with van der Waals surface area (Å²) in [5.74, 6) is 6.55. The molecule has 0 radical (unpaired) electrons. The summed E-state index contributed by atoms with van der Waals surface area (Å²) in [7, 11) is 0. The molecule has 9 atom stereocenters. The van der Waals surface area contributed by atoms with Gasteiger partial charge in [0.1, 0.15) is 0 Å². The van der Waals surface area contributed by atoms with Gasteiger partial charge in [-0.15, -0.1) is 0 Å². The summed E-state index contributed by atoms with van der Waals surface area (Å²) >= 11 is 0. The van der Waals surface area contributed by atoms with Crippen molar-refractivity contribution < 1.29 is 23.7 Å². The van der Waals surface area contributed by atoms with E-state index in [2.05, 4.69) is 57.7 Å². The lowest BCUT2D eigenvalue weighted by Crippen LogP contribution is -2.48. The van der Waals surface area contributed by atoms with E-state index in [1.165, 1.54) is 148 Å². The molecule has 360 valence electrons. The third-order valence-corrected chi connectivity index (χ3v) is 16.7. The fraction of sp³-hybridized carbons (Fsp3) is 0.929. The quantitative estimate of drug-likeness (QED) is 0.0474. The average Bonchev–Trinajstić information content (AvgIpc) is 3.72.